The minimum absolute atomic E-state index is 0.00366. The van der Waals surface area contributed by atoms with Crippen molar-refractivity contribution in [1.29, 1.82) is 0 Å². The molecule has 0 radical (unpaired) electrons. The molecular formula is C18H29NO5S. The molecule has 0 heterocycles. The molecule has 0 saturated heterocycles. The summed E-state index contributed by atoms with van der Waals surface area (Å²) in [7, 11) is -3.54. The third kappa shape index (κ3) is 7.04. The van der Waals surface area contributed by atoms with Crippen LogP contribution in [0.2, 0.25) is 0 Å². The van der Waals surface area contributed by atoms with Gasteiger partial charge in [-0.25, -0.2) is 4.79 Å². The van der Waals surface area contributed by atoms with Crippen molar-refractivity contribution in [2.75, 3.05) is 12.9 Å². The molecule has 1 N–H and O–H groups in total. The molecule has 1 amide bonds. The number of fused-ring (bicyclic) bond motifs is 1. The highest BCUT2D eigenvalue weighted by Crippen LogP contribution is 2.34. The van der Waals surface area contributed by atoms with Crippen LogP contribution in [-0.4, -0.2) is 39.0 Å². The van der Waals surface area contributed by atoms with Crippen LogP contribution in [0.5, 0.6) is 0 Å². The maximum Gasteiger partial charge on any atom is 0.407 e. The Morgan fingerprint density at radius 1 is 1.24 bits per heavy atom. The lowest BCUT2D eigenvalue weighted by atomic mass is 9.99. The van der Waals surface area contributed by atoms with Crippen LogP contribution in [0.1, 0.15) is 51.7 Å². The van der Waals surface area contributed by atoms with E-state index in [4.69, 9.17) is 8.92 Å². The van der Waals surface area contributed by atoms with Gasteiger partial charge >= 0.3 is 6.09 Å². The standard InChI is InChI=1S/C16H23NO5S.C2H6/c1-16(2,3)22-15(18)17-14-9-11-7-5-6-8-12(11)13(14)10-21-23(4,19)20;1-2/h5-8,13-14H,9-10H2,1-4H3,(H,17,18);1-2H3. The molecule has 1 aromatic rings. The Balaban J connectivity index is 0.00000151. The zero-order valence-corrected chi connectivity index (χ0v) is 16.6. The molecule has 25 heavy (non-hydrogen) atoms. The summed E-state index contributed by atoms with van der Waals surface area (Å²) >= 11 is 0. The Hall–Kier alpha value is -1.60. The summed E-state index contributed by atoms with van der Waals surface area (Å²) in [5.74, 6) is -0.228. The lowest BCUT2D eigenvalue weighted by Crippen LogP contribution is -2.42. The molecule has 7 heteroatoms. The molecule has 2 unspecified atom stereocenters. The second-order valence-corrected chi connectivity index (χ2v) is 8.39. The highest BCUT2D eigenvalue weighted by atomic mass is 32.2. The number of amides is 1. The number of carbonyl (C=O) groups is 1. The topological polar surface area (TPSA) is 81.7 Å². The summed E-state index contributed by atoms with van der Waals surface area (Å²) in [5.41, 5.74) is 1.49. The molecule has 1 aliphatic rings. The fraction of sp³-hybridized carbons (Fsp3) is 0.611. The van der Waals surface area contributed by atoms with Crippen molar-refractivity contribution >= 4 is 16.2 Å². The van der Waals surface area contributed by atoms with E-state index in [9.17, 15) is 13.2 Å². The van der Waals surface area contributed by atoms with Gasteiger partial charge in [-0.05, 0) is 38.3 Å². The van der Waals surface area contributed by atoms with Crippen LogP contribution in [0, 0.1) is 0 Å². The lowest BCUT2D eigenvalue weighted by molar-refractivity contribution is 0.0495. The van der Waals surface area contributed by atoms with Crippen molar-refractivity contribution in [3.63, 3.8) is 0 Å². The first kappa shape index (κ1) is 21.4. The van der Waals surface area contributed by atoms with E-state index in [1.165, 1.54) is 0 Å². The highest BCUT2D eigenvalue weighted by Gasteiger charge is 2.35. The average Bonchev–Trinajstić information content (AvgIpc) is 2.81. The second-order valence-electron chi connectivity index (χ2n) is 6.75. The first-order valence-electron chi connectivity index (χ1n) is 8.47. The molecule has 142 valence electrons. The Morgan fingerprint density at radius 2 is 1.84 bits per heavy atom. The number of carbonyl (C=O) groups excluding carboxylic acids is 1. The van der Waals surface area contributed by atoms with Gasteiger partial charge in [0.05, 0.1) is 12.9 Å². The lowest BCUT2D eigenvalue weighted by Gasteiger charge is -2.24. The number of hydrogen-bond donors (Lipinski definition) is 1. The van der Waals surface area contributed by atoms with Crippen LogP contribution < -0.4 is 5.32 Å². The van der Waals surface area contributed by atoms with Gasteiger partial charge in [0, 0.05) is 12.0 Å². The highest BCUT2D eigenvalue weighted by molar-refractivity contribution is 7.85. The molecule has 0 spiro atoms. The van der Waals surface area contributed by atoms with Crippen LogP contribution in [-0.2, 0) is 25.5 Å². The Kier molecular flexibility index (Phi) is 7.44. The van der Waals surface area contributed by atoms with E-state index in [0.29, 0.717) is 6.42 Å². The van der Waals surface area contributed by atoms with E-state index in [2.05, 4.69) is 5.32 Å². The van der Waals surface area contributed by atoms with E-state index in [1.807, 2.05) is 38.1 Å². The smallest absolute Gasteiger partial charge is 0.407 e. The summed E-state index contributed by atoms with van der Waals surface area (Å²) < 4.78 is 32.8. The molecule has 1 aliphatic carbocycles. The van der Waals surface area contributed by atoms with Gasteiger partial charge in [-0.1, -0.05) is 38.1 Å². The molecule has 1 aromatic carbocycles. The zero-order chi connectivity index (χ0) is 19.3. The number of alkyl carbamates (subject to hydrolysis) is 1. The quantitative estimate of drug-likeness (QED) is 0.822. The Labute approximate surface area is 151 Å². The van der Waals surface area contributed by atoms with Crippen molar-refractivity contribution in [2.24, 2.45) is 0 Å². The van der Waals surface area contributed by atoms with Crippen LogP contribution in [0.15, 0.2) is 24.3 Å². The molecule has 6 nitrogen and oxygen atoms in total. The number of ether oxygens (including phenoxy) is 1. The van der Waals surface area contributed by atoms with E-state index >= 15 is 0 Å². The fourth-order valence-electron chi connectivity index (χ4n) is 2.69. The second kappa shape index (κ2) is 8.67. The van der Waals surface area contributed by atoms with Gasteiger partial charge in [0.2, 0.25) is 0 Å². The fourth-order valence-corrected chi connectivity index (χ4v) is 3.08. The van der Waals surface area contributed by atoms with E-state index in [1.54, 1.807) is 20.8 Å². The SMILES string of the molecule is CC.CC(C)(C)OC(=O)NC1Cc2ccccc2C1COS(C)(=O)=O. The summed E-state index contributed by atoms with van der Waals surface area (Å²) in [4.78, 5) is 12.0. The summed E-state index contributed by atoms with van der Waals surface area (Å²) in [6, 6.07) is 7.46. The van der Waals surface area contributed by atoms with Crippen molar-refractivity contribution in [3.05, 3.63) is 35.4 Å². The predicted molar refractivity (Wildman–Crippen MR) is 98.2 cm³/mol. The molecule has 0 aliphatic heterocycles. The van der Waals surface area contributed by atoms with Gasteiger partial charge in [-0.2, -0.15) is 8.42 Å². The zero-order valence-electron chi connectivity index (χ0n) is 15.8. The number of hydrogen-bond acceptors (Lipinski definition) is 5. The average molecular weight is 371 g/mol. The number of rotatable bonds is 4. The van der Waals surface area contributed by atoms with E-state index < -0.39 is 21.8 Å². The number of nitrogens with one attached hydrogen (secondary N) is 1. The first-order valence-corrected chi connectivity index (χ1v) is 10.3. The number of benzene rings is 1. The Morgan fingerprint density at radius 3 is 2.40 bits per heavy atom. The summed E-state index contributed by atoms with van der Waals surface area (Å²) in [6.07, 6.45) is 1.12. The molecule has 0 aromatic heterocycles. The van der Waals surface area contributed by atoms with Crippen molar-refractivity contribution in [2.45, 2.75) is 58.6 Å². The monoisotopic (exact) mass is 371 g/mol. The van der Waals surface area contributed by atoms with Gasteiger partial charge in [-0.3, -0.25) is 4.18 Å². The van der Waals surface area contributed by atoms with Crippen LogP contribution in [0.4, 0.5) is 4.79 Å². The van der Waals surface area contributed by atoms with Gasteiger partial charge in [0.25, 0.3) is 10.1 Å². The minimum Gasteiger partial charge on any atom is -0.444 e. The maximum absolute atomic E-state index is 12.0. The normalized spacial score (nSPS) is 19.4. The predicted octanol–water partition coefficient (Wildman–Crippen LogP) is 3.22. The molecule has 0 bridgehead atoms. The van der Waals surface area contributed by atoms with Gasteiger partial charge < -0.3 is 10.1 Å². The largest absolute Gasteiger partial charge is 0.444 e. The van der Waals surface area contributed by atoms with Crippen molar-refractivity contribution < 1.29 is 22.1 Å². The van der Waals surface area contributed by atoms with Crippen LogP contribution in [0.3, 0.4) is 0 Å². The van der Waals surface area contributed by atoms with Crippen molar-refractivity contribution in [3.8, 4) is 0 Å². The molecular weight excluding hydrogens is 342 g/mol. The van der Waals surface area contributed by atoms with Crippen LogP contribution in [0.25, 0.3) is 0 Å². The summed E-state index contributed by atoms with van der Waals surface area (Å²) in [5, 5.41) is 2.83. The van der Waals surface area contributed by atoms with Gasteiger partial charge in [0.15, 0.2) is 0 Å². The van der Waals surface area contributed by atoms with Gasteiger partial charge in [-0.15, -0.1) is 0 Å². The molecule has 0 saturated carbocycles. The molecule has 0 fully saturated rings. The molecule has 2 atom stereocenters. The summed E-state index contributed by atoms with van der Waals surface area (Å²) in [6.45, 7) is 9.37. The first-order chi connectivity index (χ1) is 11.6. The minimum atomic E-state index is -3.54. The van der Waals surface area contributed by atoms with E-state index in [0.717, 1.165) is 17.4 Å². The van der Waals surface area contributed by atoms with Gasteiger partial charge in [0.1, 0.15) is 5.60 Å². The Bertz CT molecular complexity index is 679. The molecule has 2 rings (SSSR count). The third-order valence-corrected chi connectivity index (χ3v) is 4.11. The van der Waals surface area contributed by atoms with E-state index in [-0.39, 0.29) is 18.6 Å². The third-order valence-electron chi connectivity index (χ3n) is 3.54. The van der Waals surface area contributed by atoms with Crippen molar-refractivity contribution in [1.82, 2.24) is 5.32 Å². The maximum atomic E-state index is 12.0. The van der Waals surface area contributed by atoms with Crippen LogP contribution >= 0.6 is 0 Å².